The number of rotatable bonds is 6. The number of hydrogen-bond acceptors (Lipinski definition) is 5. The van der Waals surface area contributed by atoms with E-state index in [2.05, 4.69) is 15.5 Å². The summed E-state index contributed by atoms with van der Waals surface area (Å²) in [5.74, 6) is 0.993. The first-order valence-electron chi connectivity index (χ1n) is 10.7. The first-order valence-corrected chi connectivity index (χ1v) is 10.7. The maximum Gasteiger partial charge on any atom is 0.435 e. The Morgan fingerprint density at radius 1 is 1.12 bits per heavy atom. The lowest BCUT2D eigenvalue weighted by Gasteiger charge is -2.16. The zero-order chi connectivity index (χ0) is 24.0. The molecule has 11 heteroatoms. The average molecular weight is 470 g/mol. The predicted octanol–water partition coefficient (Wildman–Crippen LogP) is 3.94. The summed E-state index contributed by atoms with van der Waals surface area (Å²) in [6.07, 6.45) is -1.08. The van der Waals surface area contributed by atoms with E-state index in [4.69, 9.17) is 4.74 Å². The molecule has 0 radical (unpaired) electrons. The molecule has 0 aliphatic heterocycles. The minimum absolute atomic E-state index is 0.200. The van der Waals surface area contributed by atoms with Crippen LogP contribution in [-0.4, -0.2) is 29.6 Å². The third-order valence-electron chi connectivity index (χ3n) is 5.83. The SMILES string of the molecule is Cc1cc(-n2ccc(C(F)(F)F)n2)ccc1OCc1c(C2CC2)cccc1-n1nnn(C)c1=O. The molecule has 1 aliphatic carbocycles. The van der Waals surface area contributed by atoms with Crippen LogP contribution in [0.25, 0.3) is 11.4 Å². The van der Waals surface area contributed by atoms with Crippen LogP contribution in [0.15, 0.2) is 53.5 Å². The van der Waals surface area contributed by atoms with Gasteiger partial charge < -0.3 is 4.74 Å². The lowest BCUT2D eigenvalue weighted by Crippen LogP contribution is -2.23. The van der Waals surface area contributed by atoms with Gasteiger partial charge in [-0.05, 0) is 77.6 Å². The van der Waals surface area contributed by atoms with E-state index >= 15 is 0 Å². The summed E-state index contributed by atoms with van der Waals surface area (Å²) in [6.45, 7) is 2.01. The Kier molecular flexibility index (Phi) is 5.26. The number of nitrogens with zero attached hydrogens (tertiary/aromatic N) is 6. The van der Waals surface area contributed by atoms with Crippen LogP contribution in [0.2, 0.25) is 0 Å². The van der Waals surface area contributed by atoms with Gasteiger partial charge in [-0.1, -0.05) is 12.1 Å². The molecule has 0 saturated heterocycles. The number of hydrogen-bond donors (Lipinski definition) is 0. The first-order chi connectivity index (χ1) is 16.2. The molecule has 0 atom stereocenters. The van der Waals surface area contributed by atoms with E-state index < -0.39 is 11.9 Å². The summed E-state index contributed by atoms with van der Waals surface area (Å²) < 4.78 is 48.3. The number of aryl methyl sites for hydroxylation is 2. The molecule has 5 rings (SSSR count). The molecule has 0 unspecified atom stereocenters. The van der Waals surface area contributed by atoms with Crippen molar-refractivity contribution in [2.45, 2.75) is 38.5 Å². The Morgan fingerprint density at radius 2 is 1.91 bits per heavy atom. The average Bonchev–Trinajstić information content (AvgIpc) is 3.41. The quantitative estimate of drug-likeness (QED) is 0.427. The summed E-state index contributed by atoms with van der Waals surface area (Å²) >= 11 is 0. The highest BCUT2D eigenvalue weighted by Crippen LogP contribution is 2.43. The van der Waals surface area contributed by atoms with Gasteiger partial charge in [-0.2, -0.15) is 27.6 Å². The van der Waals surface area contributed by atoms with E-state index in [0.717, 1.165) is 40.3 Å². The molecule has 2 aromatic heterocycles. The van der Waals surface area contributed by atoms with E-state index in [9.17, 15) is 18.0 Å². The van der Waals surface area contributed by atoms with Crippen molar-refractivity contribution >= 4 is 0 Å². The molecule has 176 valence electrons. The van der Waals surface area contributed by atoms with Crippen molar-refractivity contribution in [2.75, 3.05) is 0 Å². The van der Waals surface area contributed by atoms with Crippen LogP contribution in [0, 0.1) is 6.92 Å². The number of benzene rings is 2. The van der Waals surface area contributed by atoms with E-state index in [-0.39, 0.29) is 12.3 Å². The van der Waals surface area contributed by atoms with Crippen molar-refractivity contribution in [1.29, 1.82) is 0 Å². The van der Waals surface area contributed by atoms with Crippen molar-refractivity contribution in [3.63, 3.8) is 0 Å². The zero-order valence-electron chi connectivity index (χ0n) is 18.5. The van der Waals surface area contributed by atoms with Crippen molar-refractivity contribution in [3.05, 3.63) is 81.5 Å². The summed E-state index contributed by atoms with van der Waals surface area (Å²) in [5.41, 5.74) is 2.52. The van der Waals surface area contributed by atoms with Crippen LogP contribution >= 0.6 is 0 Å². The second kappa shape index (κ2) is 8.15. The van der Waals surface area contributed by atoms with Crippen molar-refractivity contribution in [3.8, 4) is 17.1 Å². The van der Waals surface area contributed by atoms with Gasteiger partial charge >= 0.3 is 11.9 Å². The van der Waals surface area contributed by atoms with Gasteiger partial charge in [0.2, 0.25) is 0 Å². The normalized spacial score (nSPS) is 13.9. The van der Waals surface area contributed by atoms with Gasteiger partial charge in [0.15, 0.2) is 5.69 Å². The van der Waals surface area contributed by atoms with Crippen molar-refractivity contribution in [1.82, 2.24) is 29.6 Å². The van der Waals surface area contributed by atoms with Crippen molar-refractivity contribution < 1.29 is 17.9 Å². The summed E-state index contributed by atoms with van der Waals surface area (Å²) in [5, 5.41) is 11.4. The lowest BCUT2D eigenvalue weighted by molar-refractivity contribution is -0.141. The molecule has 0 amide bonds. The number of tetrazole rings is 1. The maximum absolute atomic E-state index is 12.9. The molecule has 2 aromatic carbocycles. The van der Waals surface area contributed by atoms with Gasteiger partial charge in [0, 0.05) is 18.8 Å². The van der Waals surface area contributed by atoms with E-state index in [1.807, 2.05) is 25.1 Å². The minimum Gasteiger partial charge on any atom is -0.489 e. The fourth-order valence-electron chi connectivity index (χ4n) is 3.90. The highest BCUT2D eigenvalue weighted by Gasteiger charge is 2.33. The Hall–Kier alpha value is -3.89. The van der Waals surface area contributed by atoms with E-state index in [1.54, 1.807) is 18.2 Å². The fraction of sp³-hybridized carbons (Fsp3) is 0.304. The van der Waals surface area contributed by atoms with E-state index in [0.29, 0.717) is 23.0 Å². The number of ether oxygens (including phenoxy) is 1. The molecule has 4 aromatic rings. The van der Waals surface area contributed by atoms with Crippen LogP contribution in [0.4, 0.5) is 13.2 Å². The molecule has 1 fully saturated rings. The summed E-state index contributed by atoms with van der Waals surface area (Å²) in [7, 11) is 1.54. The van der Waals surface area contributed by atoms with Gasteiger partial charge in [-0.3, -0.25) is 0 Å². The zero-order valence-corrected chi connectivity index (χ0v) is 18.5. The molecule has 8 nitrogen and oxygen atoms in total. The molecule has 1 aliphatic rings. The largest absolute Gasteiger partial charge is 0.489 e. The molecule has 0 N–H and O–H groups in total. The van der Waals surface area contributed by atoms with Gasteiger partial charge in [-0.15, -0.1) is 0 Å². The Bertz CT molecular complexity index is 1410. The standard InChI is InChI=1S/C23H21F3N6O2/c1-14-12-16(31-11-10-21(27-31)23(24,25)26)8-9-20(14)34-13-18-17(15-6-7-15)4-3-5-19(18)32-22(33)30(2)28-29-32/h3-5,8-12,15H,6-7,13H2,1-2H3. The van der Waals surface area contributed by atoms with Crippen LogP contribution in [-0.2, 0) is 19.8 Å². The predicted molar refractivity (Wildman–Crippen MR) is 116 cm³/mol. The first kappa shape index (κ1) is 21.9. The molecular formula is C23H21F3N6O2. The third-order valence-corrected chi connectivity index (χ3v) is 5.83. The summed E-state index contributed by atoms with van der Waals surface area (Å²) in [6, 6.07) is 11.7. The molecule has 0 spiro atoms. The van der Waals surface area contributed by atoms with Gasteiger partial charge in [0.05, 0.1) is 11.4 Å². The minimum atomic E-state index is -4.50. The van der Waals surface area contributed by atoms with Crippen LogP contribution in [0.3, 0.4) is 0 Å². The highest BCUT2D eigenvalue weighted by molar-refractivity contribution is 5.49. The monoisotopic (exact) mass is 470 g/mol. The number of alkyl halides is 3. The Balaban J connectivity index is 1.43. The fourth-order valence-corrected chi connectivity index (χ4v) is 3.90. The highest BCUT2D eigenvalue weighted by atomic mass is 19.4. The number of aromatic nitrogens is 6. The number of halogens is 3. The molecular weight excluding hydrogens is 449 g/mol. The van der Waals surface area contributed by atoms with Gasteiger partial charge in [0.1, 0.15) is 12.4 Å². The van der Waals surface area contributed by atoms with E-state index in [1.165, 1.54) is 22.6 Å². The summed E-state index contributed by atoms with van der Waals surface area (Å²) in [4.78, 5) is 12.5. The lowest BCUT2D eigenvalue weighted by atomic mass is 10.0. The van der Waals surface area contributed by atoms with Gasteiger partial charge in [-0.25, -0.2) is 9.48 Å². The molecule has 34 heavy (non-hydrogen) atoms. The second-order valence-electron chi connectivity index (χ2n) is 8.30. The maximum atomic E-state index is 12.9. The molecule has 2 heterocycles. The van der Waals surface area contributed by atoms with Crippen molar-refractivity contribution in [2.24, 2.45) is 7.05 Å². The molecule has 1 saturated carbocycles. The Labute approximate surface area is 192 Å². The van der Waals surface area contributed by atoms with Gasteiger partial charge in [0.25, 0.3) is 0 Å². The second-order valence-corrected chi connectivity index (χ2v) is 8.30. The van der Waals surface area contributed by atoms with Crippen LogP contribution in [0.5, 0.6) is 5.75 Å². The van der Waals surface area contributed by atoms with Crippen LogP contribution in [0.1, 0.15) is 41.1 Å². The smallest absolute Gasteiger partial charge is 0.435 e. The molecule has 0 bridgehead atoms. The Morgan fingerprint density at radius 3 is 2.53 bits per heavy atom. The topological polar surface area (TPSA) is 79.8 Å². The third kappa shape index (κ3) is 4.09. The van der Waals surface area contributed by atoms with Crippen LogP contribution < -0.4 is 10.4 Å².